The second-order valence-electron chi connectivity index (χ2n) is 6.56. The number of halogens is 3. The summed E-state index contributed by atoms with van der Waals surface area (Å²) in [5.41, 5.74) is -0.0892. The Kier molecular flexibility index (Phi) is 6.03. The molecule has 2 heterocycles. The van der Waals surface area contributed by atoms with Crippen LogP contribution in [0.1, 0.15) is 27.7 Å². The molecule has 1 fully saturated rings. The zero-order valence-corrected chi connectivity index (χ0v) is 15.7. The molecule has 9 heteroatoms. The number of pyridine rings is 1. The molecule has 3 rings (SSSR count). The van der Waals surface area contributed by atoms with E-state index in [1.165, 1.54) is 0 Å². The quantitative estimate of drug-likeness (QED) is 0.783. The first-order valence-electron chi connectivity index (χ1n) is 8.93. The third kappa shape index (κ3) is 4.66. The van der Waals surface area contributed by atoms with Crippen LogP contribution in [0.15, 0.2) is 42.6 Å². The molecular formula is C20H19F3N4O2. The van der Waals surface area contributed by atoms with Crippen molar-refractivity contribution in [2.24, 2.45) is 0 Å². The van der Waals surface area contributed by atoms with Gasteiger partial charge in [-0.3, -0.25) is 14.7 Å². The number of nitrogens with zero attached hydrogens (tertiary/aromatic N) is 4. The zero-order chi connectivity index (χ0) is 21.0. The predicted molar refractivity (Wildman–Crippen MR) is 98.1 cm³/mol. The maximum absolute atomic E-state index is 12.6. The number of nitriles is 1. The van der Waals surface area contributed by atoms with Crippen molar-refractivity contribution in [2.75, 3.05) is 33.3 Å². The summed E-state index contributed by atoms with van der Waals surface area (Å²) in [6.07, 6.45) is -3.59. The minimum absolute atomic E-state index is 0.110. The number of hydrogen-bond donors (Lipinski definition) is 0. The largest absolute Gasteiger partial charge is 0.497 e. The molecule has 1 amide bonds. The van der Waals surface area contributed by atoms with Crippen LogP contribution < -0.4 is 4.74 Å². The average Bonchev–Trinajstić information content (AvgIpc) is 2.74. The first-order valence-corrected chi connectivity index (χ1v) is 8.93. The van der Waals surface area contributed by atoms with Crippen LogP contribution >= 0.6 is 0 Å². The van der Waals surface area contributed by atoms with Gasteiger partial charge >= 0.3 is 6.18 Å². The maximum Gasteiger partial charge on any atom is 0.433 e. The van der Waals surface area contributed by atoms with Crippen LogP contribution in [0.3, 0.4) is 0 Å². The Labute approximate surface area is 166 Å². The predicted octanol–water partition coefficient (Wildman–Crippen LogP) is 3.13. The molecule has 0 spiro atoms. The van der Waals surface area contributed by atoms with E-state index >= 15 is 0 Å². The van der Waals surface area contributed by atoms with Crippen LogP contribution in [0.4, 0.5) is 13.2 Å². The molecule has 1 unspecified atom stereocenters. The fourth-order valence-corrected chi connectivity index (χ4v) is 3.21. The van der Waals surface area contributed by atoms with E-state index in [4.69, 9.17) is 4.74 Å². The molecular weight excluding hydrogens is 385 g/mol. The number of benzene rings is 1. The van der Waals surface area contributed by atoms with E-state index in [1.54, 1.807) is 24.1 Å². The first kappa shape index (κ1) is 20.6. The monoisotopic (exact) mass is 404 g/mol. The number of ether oxygens (including phenoxy) is 1. The Morgan fingerprint density at radius 1 is 1.14 bits per heavy atom. The van der Waals surface area contributed by atoms with Gasteiger partial charge in [0.05, 0.1) is 18.7 Å². The molecule has 0 aliphatic carbocycles. The van der Waals surface area contributed by atoms with Crippen molar-refractivity contribution >= 4 is 5.91 Å². The van der Waals surface area contributed by atoms with Gasteiger partial charge in [-0.15, -0.1) is 0 Å². The molecule has 1 aromatic carbocycles. The van der Waals surface area contributed by atoms with E-state index in [1.807, 2.05) is 17.0 Å². The third-order valence-electron chi connectivity index (χ3n) is 4.82. The number of carbonyl (C=O) groups excluding carboxylic acids is 1. The molecule has 0 bridgehead atoms. The topological polar surface area (TPSA) is 69.5 Å². The van der Waals surface area contributed by atoms with Crippen LogP contribution in [0, 0.1) is 11.3 Å². The highest BCUT2D eigenvalue weighted by molar-refractivity contribution is 5.94. The summed E-state index contributed by atoms with van der Waals surface area (Å²) < 4.78 is 43.0. The van der Waals surface area contributed by atoms with Crippen LogP contribution in [0.2, 0.25) is 0 Å². The van der Waals surface area contributed by atoms with Crippen molar-refractivity contribution in [3.05, 3.63) is 59.4 Å². The summed E-state index contributed by atoms with van der Waals surface area (Å²) in [5.74, 6) is 0.329. The second kappa shape index (κ2) is 8.49. The number of aromatic nitrogens is 1. The van der Waals surface area contributed by atoms with Crippen molar-refractivity contribution < 1.29 is 22.7 Å². The van der Waals surface area contributed by atoms with E-state index < -0.39 is 17.9 Å². The highest BCUT2D eigenvalue weighted by Crippen LogP contribution is 2.28. The Morgan fingerprint density at radius 3 is 2.28 bits per heavy atom. The molecule has 6 nitrogen and oxygen atoms in total. The maximum atomic E-state index is 12.6. The minimum atomic E-state index is -4.54. The highest BCUT2D eigenvalue weighted by atomic mass is 19.4. The molecule has 0 saturated carbocycles. The lowest BCUT2D eigenvalue weighted by atomic mass is 10.1. The third-order valence-corrected chi connectivity index (χ3v) is 4.82. The molecule has 2 aromatic rings. The molecule has 1 atom stereocenters. The van der Waals surface area contributed by atoms with Crippen LogP contribution in [-0.4, -0.2) is 54.0 Å². The van der Waals surface area contributed by atoms with Crippen molar-refractivity contribution in [3.8, 4) is 11.8 Å². The zero-order valence-electron chi connectivity index (χ0n) is 15.7. The fraction of sp³-hybridized carbons (Fsp3) is 0.350. The Bertz CT molecular complexity index is 884. The molecule has 29 heavy (non-hydrogen) atoms. The second-order valence-corrected chi connectivity index (χ2v) is 6.56. The Morgan fingerprint density at radius 2 is 1.79 bits per heavy atom. The minimum Gasteiger partial charge on any atom is -0.497 e. The number of rotatable bonds is 4. The van der Waals surface area contributed by atoms with E-state index in [0.29, 0.717) is 31.9 Å². The van der Waals surface area contributed by atoms with Gasteiger partial charge in [0, 0.05) is 32.4 Å². The number of methoxy groups -OCH3 is 1. The van der Waals surface area contributed by atoms with E-state index in [9.17, 15) is 23.2 Å². The van der Waals surface area contributed by atoms with Crippen LogP contribution in [0.25, 0.3) is 0 Å². The lowest BCUT2D eigenvalue weighted by Gasteiger charge is -2.37. The van der Waals surface area contributed by atoms with Crippen molar-refractivity contribution in [3.63, 3.8) is 0 Å². The van der Waals surface area contributed by atoms with Crippen LogP contribution in [-0.2, 0) is 6.18 Å². The number of amides is 1. The van der Waals surface area contributed by atoms with Gasteiger partial charge in [0.15, 0.2) is 0 Å². The molecule has 1 aromatic heterocycles. The number of hydrogen-bond acceptors (Lipinski definition) is 5. The lowest BCUT2D eigenvalue weighted by molar-refractivity contribution is -0.141. The standard InChI is InChI=1S/C20H19F3N4O2/c1-29-16-5-2-14(3-6-16)17(12-24)26-8-10-27(11-9-26)19(28)15-4-7-18(25-13-15)20(21,22)23/h2-7,13,17H,8-11H2,1H3. The summed E-state index contributed by atoms with van der Waals surface area (Å²) in [6, 6.07) is 11.0. The Balaban J connectivity index is 1.63. The summed E-state index contributed by atoms with van der Waals surface area (Å²) in [6.45, 7) is 1.69. The van der Waals surface area contributed by atoms with Gasteiger partial charge in [-0.05, 0) is 29.8 Å². The van der Waals surface area contributed by atoms with E-state index in [-0.39, 0.29) is 11.5 Å². The smallest absolute Gasteiger partial charge is 0.433 e. The van der Waals surface area contributed by atoms with Gasteiger partial charge in [0.2, 0.25) is 0 Å². The van der Waals surface area contributed by atoms with Gasteiger partial charge < -0.3 is 9.64 Å². The number of carbonyl (C=O) groups is 1. The van der Waals surface area contributed by atoms with E-state index in [0.717, 1.165) is 23.9 Å². The number of alkyl halides is 3. The van der Waals surface area contributed by atoms with Crippen molar-refractivity contribution in [1.29, 1.82) is 5.26 Å². The van der Waals surface area contributed by atoms with Gasteiger partial charge in [0.25, 0.3) is 5.91 Å². The summed E-state index contributed by atoms with van der Waals surface area (Å²) in [7, 11) is 1.57. The SMILES string of the molecule is COc1ccc(C(C#N)N2CCN(C(=O)c3ccc(C(F)(F)F)nc3)CC2)cc1. The summed E-state index contributed by atoms with van der Waals surface area (Å²) in [5, 5.41) is 9.60. The van der Waals surface area contributed by atoms with Gasteiger partial charge in [-0.1, -0.05) is 12.1 Å². The first-order chi connectivity index (χ1) is 13.8. The van der Waals surface area contributed by atoms with Crippen LogP contribution in [0.5, 0.6) is 5.75 Å². The van der Waals surface area contributed by atoms with Gasteiger partial charge in [-0.2, -0.15) is 18.4 Å². The summed E-state index contributed by atoms with van der Waals surface area (Å²) >= 11 is 0. The van der Waals surface area contributed by atoms with Gasteiger partial charge in [0.1, 0.15) is 17.5 Å². The van der Waals surface area contributed by atoms with Gasteiger partial charge in [-0.25, -0.2) is 0 Å². The van der Waals surface area contributed by atoms with E-state index in [2.05, 4.69) is 11.1 Å². The molecule has 152 valence electrons. The molecule has 1 aliphatic heterocycles. The molecule has 1 aliphatic rings. The number of piperazine rings is 1. The normalized spacial score (nSPS) is 16.2. The highest BCUT2D eigenvalue weighted by Gasteiger charge is 2.33. The fourth-order valence-electron chi connectivity index (χ4n) is 3.21. The Hall–Kier alpha value is -3.12. The average molecular weight is 404 g/mol. The summed E-state index contributed by atoms with van der Waals surface area (Å²) in [4.78, 5) is 19.4. The molecule has 0 radical (unpaired) electrons. The van der Waals surface area contributed by atoms with Crippen molar-refractivity contribution in [2.45, 2.75) is 12.2 Å². The lowest BCUT2D eigenvalue weighted by Crippen LogP contribution is -2.49. The molecule has 1 saturated heterocycles. The van der Waals surface area contributed by atoms with Crippen molar-refractivity contribution in [1.82, 2.24) is 14.8 Å². The molecule has 0 N–H and O–H groups in total.